The molecule has 0 aliphatic carbocycles. The number of aromatic nitrogens is 2. The summed E-state index contributed by atoms with van der Waals surface area (Å²) in [6.07, 6.45) is 4.19. The first kappa shape index (κ1) is 12.0. The fraction of sp³-hybridized carbons (Fsp3) is 0.250. The zero-order valence-corrected chi connectivity index (χ0v) is 10.3. The summed E-state index contributed by atoms with van der Waals surface area (Å²) in [6.45, 7) is 0.551. The predicted molar refractivity (Wildman–Crippen MR) is 67.9 cm³/mol. The van der Waals surface area contributed by atoms with E-state index in [0.717, 1.165) is 17.7 Å². The van der Waals surface area contributed by atoms with Crippen LogP contribution < -0.4 is 10.5 Å². The van der Waals surface area contributed by atoms with Crippen LogP contribution in [0.3, 0.4) is 0 Å². The Morgan fingerprint density at radius 3 is 2.94 bits per heavy atom. The van der Waals surface area contributed by atoms with Gasteiger partial charge in [0.2, 0.25) is 0 Å². The highest BCUT2D eigenvalue weighted by Crippen LogP contribution is 2.24. The van der Waals surface area contributed by atoms with Gasteiger partial charge in [0.05, 0.1) is 25.2 Å². The molecule has 0 saturated heterocycles. The lowest BCUT2D eigenvalue weighted by Crippen LogP contribution is -2.07. The molecular weight excluding hydrogens is 238 g/mol. The number of halogens is 1. The highest BCUT2D eigenvalue weighted by atomic mass is 35.5. The molecule has 0 aliphatic heterocycles. The third kappa shape index (κ3) is 2.43. The largest absolute Gasteiger partial charge is 0.493 e. The molecule has 0 radical (unpaired) electrons. The van der Waals surface area contributed by atoms with Crippen molar-refractivity contribution in [2.75, 3.05) is 13.7 Å². The van der Waals surface area contributed by atoms with Crippen LogP contribution in [0.1, 0.15) is 5.56 Å². The van der Waals surface area contributed by atoms with Crippen LogP contribution in [0.15, 0.2) is 30.6 Å². The second-order valence-electron chi connectivity index (χ2n) is 3.60. The lowest BCUT2D eigenvalue weighted by molar-refractivity contribution is 0.414. The van der Waals surface area contributed by atoms with Gasteiger partial charge in [-0.05, 0) is 30.7 Å². The maximum absolute atomic E-state index is 6.17. The summed E-state index contributed by atoms with van der Waals surface area (Å²) in [4.78, 5) is 0. The predicted octanol–water partition coefficient (Wildman–Crippen LogP) is 2.04. The van der Waals surface area contributed by atoms with E-state index in [2.05, 4.69) is 5.10 Å². The molecule has 2 aromatic rings. The highest BCUT2D eigenvalue weighted by Gasteiger charge is 2.09. The molecular formula is C12H14ClN3O. The van der Waals surface area contributed by atoms with E-state index in [1.165, 1.54) is 0 Å². The number of hydrogen-bond donors (Lipinski definition) is 1. The Labute approximate surface area is 105 Å². The average Bonchev–Trinajstić information content (AvgIpc) is 2.80. The second-order valence-corrected chi connectivity index (χ2v) is 4.01. The molecule has 1 aromatic heterocycles. The number of hydrogen-bond acceptors (Lipinski definition) is 3. The van der Waals surface area contributed by atoms with Crippen molar-refractivity contribution in [3.8, 4) is 11.4 Å². The van der Waals surface area contributed by atoms with Crippen LogP contribution in [0.4, 0.5) is 0 Å². The molecule has 0 fully saturated rings. The lowest BCUT2D eigenvalue weighted by atomic mass is 10.1. The van der Waals surface area contributed by atoms with Crippen LogP contribution in [0.5, 0.6) is 5.75 Å². The Morgan fingerprint density at radius 2 is 2.29 bits per heavy atom. The van der Waals surface area contributed by atoms with Gasteiger partial charge in [0.15, 0.2) is 5.75 Å². The van der Waals surface area contributed by atoms with Crippen LogP contribution in [0, 0.1) is 0 Å². The first-order valence-corrected chi connectivity index (χ1v) is 5.70. The molecule has 5 heteroatoms. The number of benzene rings is 1. The summed E-state index contributed by atoms with van der Waals surface area (Å²) in [5.41, 5.74) is 7.53. The summed E-state index contributed by atoms with van der Waals surface area (Å²) in [5.74, 6) is 0.712. The van der Waals surface area contributed by atoms with Gasteiger partial charge >= 0.3 is 0 Å². The van der Waals surface area contributed by atoms with E-state index in [-0.39, 0.29) is 0 Å². The highest BCUT2D eigenvalue weighted by molar-refractivity contribution is 6.31. The number of nitrogens with two attached hydrogens (primary N) is 1. The Hall–Kier alpha value is -1.52. The van der Waals surface area contributed by atoms with Crippen LogP contribution in [-0.4, -0.2) is 23.4 Å². The van der Waals surface area contributed by atoms with Gasteiger partial charge in [-0.15, -0.1) is 0 Å². The van der Waals surface area contributed by atoms with Crippen LogP contribution in [0.25, 0.3) is 5.69 Å². The normalized spacial score (nSPS) is 10.5. The molecule has 90 valence electrons. The molecule has 1 heterocycles. The molecule has 4 nitrogen and oxygen atoms in total. The standard InChI is InChI=1S/C12H14ClN3O/c1-17-9-7-15-16(8-9)12-4-2-3-11(13)10(12)5-6-14/h2-4,7-8H,5-6,14H2,1H3. The SMILES string of the molecule is COc1cnn(-c2cccc(Cl)c2CCN)c1. The van der Waals surface area contributed by atoms with Gasteiger partial charge in [-0.1, -0.05) is 17.7 Å². The van der Waals surface area contributed by atoms with Gasteiger partial charge in [-0.2, -0.15) is 5.10 Å². The fourth-order valence-corrected chi connectivity index (χ4v) is 1.96. The molecule has 0 aliphatic rings. The summed E-state index contributed by atoms with van der Waals surface area (Å²) in [7, 11) is 1.61. The van der Waals surface area contributed by atoms with Gasteiger partial charge in [-0.3, -0.25) is 0 Å². The minimum atomic E-state index is 0.551. The van der Waals surface area contributed by atoms with Crippen molar-refractivity contribution in [3.63, 3.8) is 0 Å². The maximum Gasteiger partial charge on any atom is 0.157 e. The van der Waals surface area contributed by atoms with E-state index in [1.54, 1.807) is 18.0 Å². The van der Waals surface area contributed by atoms with Crippen molar-refractivity contribution < 1.29 is 4.74 Å². The Morgan fingerprint density at radius 1 is 1.47 bits per heavy atom. The monoisotopic (exact) mass is 251 g/mol. The first-order chi connectivity index (χ1) is 8.26. The van der Waals surface area contributed by atoms with E-state index in [9.17, 15) is 0 Å². The molecule has 0 saturated carbocycles. The van der Waals surface area contributed by atoms with Crippen molar-refractivity contribution in [1.82, 2.24) is 9.78 Å². The number of nitrogens with zero attached hydrogens (tertiary/aromatic N) is 2. The zero-order chi connectivity index (χ0) is 12.3. The molecule has 2 rings (SSSR count). The molecule has 1 aromatic carbocycles. The van der Waals surface area contributed by atoms with Crippen LogP contribution >= 0.6 is 11.6 Å². The maximum atomic E-state index is 6.17. The summed E-state index contributed by atoms with van der Waals surface area (Å²) >= 11 is 6.17. The Balaban J connectivity index is 2.46. The number of rotatable bonds is 4. The van der Waals surface area contributed by atoms with Crippen molar-refractivity contribution in [2.24, 2.45) is 5.73 Å². The van der Waals surface area contributed by atoms with E-state index in [4.69, 9.17) is 22.1 Å². The van der Waals surface area contributed by atoms with Gasteiger partial charge < -0.3 is 10.5 Å². The van der Waals surface area contributed by atoms with Crippen LogP contribution in [0.2, 0.25) is 5.02 Å². The minimum absolute atomic E-state index is 0.551. The Bertz CT molecular complexity index is 510. The topological polar surface area (TPSA) is 53.1 Å². The molecule has 0 unspecified atom stereocenters. The summed E-state index contributed by atoms with van der Waals surface area (Å²) in [5, 5.41) is 4.94. The Kier molecular flexibility index (Phi) is 3.66. The average molecular weight is 252 g/mol. The molecule has 0 spiro atoms. The number of ether oxygens (including phenoxy) is 1. The van der Waals surface area contributed by atoms with Crippen molar-refractivity contribution in [3.05, 3.63) is 41.2 Å². The van der Waals surface area contributed by atoms with Gasteiger partial charge in [-0.25, -0.2) is 4.68 Å². The van der Waals surface area contributed by atoms with Crippen molar-refractivity contribution >= 4 is 11.6 Å². The first-order valence-electron chi connectivity index (χ1n) is 5.32. The van der Waals surface area contributed by atoms with E-state index < -0.39 is 0 Å². The van der Waals surface area contributed by atoms with E-state index >= 15 is 0 Å². The minimum Gasteiger partial charge on any atom is -0.493 e. The van der Waals surface area contributed by atoms with Crippen molar-refractivity contribution in [2.45, 2.75) is 6.42 Å². The van der Waals surface area contributed by atoms with E-state index in [0.29, 0.717) is 17.3 Å². The molecule has 0 amide bonds. The zero-order valence-electron chi connectivity index (χ0n) is 9.56. The smallest absolute Gasteiger partial charge is 0.157 e. The van der Waals surface area contributed by atoms with E-state index in [1.807, 2.05) is 24.4 Å². The van der Waals surface area contributed by atoms with Crippen molar-refractivity contribution in [1.29, 1.82) is 0 Å². The van der Waals surface area contributed by atoms with Gasteiger partial charge in [0, 0.05) is 5.02 Å². The second kappa shape index (κ2) is 5.21. The lowest BCUT2D eigenvalue weighted by Gasteiger charge is -2.10. The third-order valence-electron chi connectivity index (χ3n) is 2.53. The summed E-state index contributed by atoms with van der Waals surface area (Å²) < 4.78 is 6.85. The number of methoxy groups -OCH3 is 1. The van der Waals surface area contributed by atoms with Crippen LogP contribution in [-0.2, 0) is 6.42 Å². The van der Waals surface area contributed by atoms with Gasteiger partial charge in [0.25, 0.3) is 0 Å². The fourth-order valence-electron chi connectivity index (χ4n) is 1.70. The quantitative estimate of drug-likeness (QED) is 0.905. The van der Waals surface area contributed by atoms with Gasteiger partial charge in [0.1, 0.15) is 0 Å². The summed E-state index contributed by atoms with van der Waals surface area (Å²) in [6, 6.07) is 5.71. The molecule has 0 atom stereocenters. The molecule has 2 N–H and O–H groups in total. The third-order valence-corrected chi connectivity index (χ3v) is 2.88. The molecule has 17 heavy (non-hydrogen) atoms. The molecule has 0 bridgehead atoms.